The largest absolute Gasteiger partial charge is 0.508 e. The number of aromatic hydroxyl groups is 1. The van der Waals surface area contributed by atoms with E-state index >= 15 is 0 Å². The van der Waals surface area contributed by atoms with E-state index in [0.29, 0.717) is 5.75 Å². The Kier molecular flexibility index (Phi) is 6.17. The monoisotopic (exact) mass is 273 g/mol. The van der Waals surface area contributed by atoms with Crippen LogP contribution >= 0.6 is 24.2 Å². The van der Waals surface area contributed by atoms with Crippen LogP contribution in [0.4, 0.5) is 0 Å². The van der Waals surface area contributed by atoms with E-state index in [1.807, 2.05) is 23.9 Å². The third kappa shape index (κ3) is 4.41. The molecular formula is C13H20ClNOS. The van der Waals surface area contributed by atoms with Gasteiger partial charge in [0.2, 0.25) is 0 Å². The maximum Gasteiger partial charge on any atom is 0.115 e. The minimum absolute atomic E-state index is 0. The molecule has 0 bridgehead atoms. The van der Waals surface area contributed by atoms with Crippen molar-refractivity contribution in [2.45, 2.75) is 30.2 Å². The van der Waals surface area contributed by atoms with E-state index in [9.17, 15) is 5.11 Å². The van der Waals surface area contributed by atoms with Crippen LogP contribution < -0.4 is 0 Å². The van der Waals surface area contributed by atoms with E-state index in [0.717, 1.165) is 6.04 Å². The van der Waals surface area contributed by atoms with Crippen molar-refractivity contribution in [1.82, 2.24) is 4.90 Å². The number of thioether (sulfide) groups is 1. The Morgan fingerprint density at radius 3 is 2.65 bits per heavy atom. The molecule has 0 aliphatic carbocycles. The van der Waals surface area contributed by atoms with Crippen LogP contribution in [0.3, 0.4) is 0 Å². The number of benzene rings is 1. The first-order valence-electron chi connectivity index (χ1n) is 5.88. The van der Waals surface area contributed by atoms with Gasteiger partial charge in [0.25, 0.3) is 0 Å². The summed E-state index contributed by atoms with van der Waals surface area (Å²) in [6.07, 6.45) is 3.97. The second kappa shape index (κ2) is 7.14. The lowest BCUT2D eigenvalue weighted by atomic mass is 10.2. The standard InChI is InChI=1S/C13H19NOS.ClH/c1-14-9-2-3-11(14)8-10-16-13-6-4-12(15)5-7-13;/h4-7,11,15H,2-3,8-10H2,1H3;1H. The number of rotatable bonds is 4. The third-order valence-electron chi connectivity index (χ3n) is 3.23. The van der Waals surface area contributed by atoms with Gasteiger partial charge >= 0.3 is 0 Å². The molecule has 17 heavy (non-hydrogen) atoms. The molecule has 1 saturated heterocycles. The fraction of sp³-hybridized carbons (Fsp3) is 0.538. The molecule has 1 fully saturated rings. The van der Waals surface area contributed by atoms with Crippen molar-refractivity contribution in [2.75, 3.05) is 19.3 Å². The molecule has 1 unspecified atom stereocenters. The smallest absolute Gasteiger partial charge is 0.115 e. The summed E-state index contributed by atoms with van der Waals surface area (Å²) >= 11 is 1.88. The minimum Gasteiger partial charge on any atom is -0.508 e. The zero-order valence-corrected chi connectivity index (χ0v) is 11.8. The van der Waals surface area contributed by atoms with Gasteiger partial charge in [-0.15, -0.1) is 24.2 Å². The molecule has 1 N–H and O–H groups in total. The lowest BCUT2D eigenvalue weighted by Gasteiger charge is -2.18. The number of nitrogens with zero attached hydrogens (tertiary/aromatic N) is 1. The van der Waals surface area contributed by atoms with Crippen LogP contribution in [0.25, 0.3) is 0 Å². The Hall–Kier alpha value is -0.380. The lowest BCUT2D eigenvalue weighted by Crippen LogP contribution is -2.25. The van der Waals surface area contributed by atoms with Gasteiger partial charge in [-0.2, -0.15) is 0 Å². The average molecular weight is 274 g/mol. The third-order valence-corrected chi connectivity index (χ3v) is 4.27. The molecule has 96 valence electrons. The van der Waals surface area contributed by atoms with Crippen LogP contribution in [0.2, 0.25) is 0 Å². The van der Waals surface area contributed by atoms with Gasteiger partial charge in [0.05, 0.1) is 0 Å². The molecule has 1 aromatic carbocycles. The predicted octanol–water partition coefficient (Wildman–Crippen LogP) is 3.39. The summed E-state index contributed by atoms with van der Waals surface area (Å²) in [6.45, 7) is 1.26. The molecule has 1 aliphatic rings. The maximum atomic E-state index is 9.17. The van der Waals surface area contributed by atoms with E-state index in [1.54, 1.807) is 12.1 Å². The second-order valence-electron chi connectivity index (χ2n) is 4.41. The van der Waals surface area contributed by atoms with E-state index in [1.165, 1.54) is 36.5 Å². The van der Waals surface area contributed by atoms with Crippen LogP contribution in [0.15, 0.2) is 29.2 Å². The Morgan fingerprint density at radius 2 is 2.06 bits per heavy atom. The highest BCUT2D eigenvalue weighted by molar-refractivity contribution is 7.99. The number of halogens is 1. The topological polar surface area (TPSA) is 23.5 Å². The Morgan fingerprint density at radius 1 is 1.35 bits per heavy atom. The van der Waals surface area contributed by atoms with Gasteiger partial charge in [-0.1, -0.05) is 0 Å². The van der Waals surface area contributed by atoms with Crippen LogP contribution in [0, 0.1) is 0 Å². The van der Waals surface area contributed by atoms with Gasteiger partial charge in [-0.05, 0) is 62.9 Å². The first-order chi connectivity index (χ1) is 7.75. The summed E-state index contributed by atoms with van der Waals surface area (Å²) in [4.78, 5) is 3.72. The molecule has 1 aromatic rings. The highest BCUT2D eigenvalue weighted by Crippen LogP contribution is 2.25. The van der Waals surface area contributed by atoms with Crippen molar-refractivity contribution in [3.63, 3.8) is 0 Å². The molecule has 4 heteroatoms. The quantitative estimate of drug-likeness (QED) is 0.851. The SMILES string of the molecule is CN1CCCC1CCSc1ccc(O)cc1.Cl. The molecule has 2 rings (SSSR count). The zero-order valence-electron chi connectivity index (χ0n) is 10.1. The molecule has 0 radical (unpaired) electrons. The minimum atomic E-state index is 0. The Labute approximate surface area is 114 Å². The van der Waals surface area contributed by atoms with Crippen molar-refractivity contribution in [2.24, 2.45) is 0 Å². The molecule has 2 nitrogen and oxygen atoms in total. The summed E-state index contributed by atoms with van der Waals surface area (Å²) < 4.78 is 0. The second-order valence-corrected chi connectivity index (χ2v) is 5.58. The molecule has 1 aliphatic heterocycles. The highest BCUT2D eigenvalue weighted by atomic mass is 35.5. The van der Waals surface area contributed by atoms with E-state index < -0.39 is 0 Å². The normalized spacial score (nSPS) is 20.2. The predicted molar refractivity (Wildman–Crippen MR) is 76.3 cm³/mol. The summed E-state index contributed by atoms with van der Waals surface area (Å²) in [5.74, 6) is 1.51. The van der Waals surface area contributed by atoms with Crippen molar-refractivity contribution in [3.8, 4) is 5.75 Å². The van der Waals surface area contributed by atoms with Crippen molar-refractivity contribution < 1.29 is 5.11 Å². The van der Waals surface area contributed by atoms with E-state index in [4.69, 9.17) is 0 Å². The van der Waals surface area contributed by atoms with Gasteiger partial charge in [-0.3, -0.25) is 0 Å². The Bertz CT molecular complexity index is 331. The van der Waals surface area contributed by atoms with Crippen molar-refractivity contribution in [3.05, 3.63) is 24.3 Å². The highest BCUT2D eigenvalue weighted by Gasteiger charge is 2.19. The molecule has 0 spiro atoms. The maximum absolute atomic E-state index is 9.17. The van der Waals surface area contributed by atoms with Crippen LogP contribution in [0.1, 0.15) is 19.3 Å². The zero-order chi connectivity index (χ0) is 11.4. The summed E-state index contributed by atoms with van der Waals surface area (Å²) in [5, 5.41) is 9.17. The number of hydrogen-bond donors (Lipinski definition) is 1. The number of phenols is 1. The number of hydrogen-bond acceptors (Lipinski definition) is 3. The van der Waals surface area contributed by atoms with Crippen molar-refractivity contribution in [1.29, 1.82) is 0 Å². The van der Waals surface area contributed by atoms with Crippen LogP contribution in [-0.4, -0.2) is 35.4 Å². The molecule has 0 aromatic heterocycles. The average Bonchev–Trinajstić information content (AvgIpc) is 2.68. The van der Waals surface area contributed by atoms with Gasteiger partial charge in [0.15, 0.2) is 0 Å². The molecule has 1 atom stereocenters. The van der Waals surface area contributed by atoms with Gasteiger partial charge < -0.3 is 10.0 Å². The summed E-state index contributed by atoms with van der Waals surface area (Å²) in [7, 11) is 2.23. The summed E-state index contributed by atoms with van der Waals surface area (Å²) in [6, 6.07) is 8.26. The van der Waals surface area contributed by atoms with E-state index in [-0.39, 0.29) is 12.4 Å². The molecule has 1 heterocycles. The molecular weight excluding hydrogens is 254 g/mol. The van der Waals surface area contributed by atoms with Crippen molar-refractivity contribution >= 4 is 24.2 Å². The van der Waals surface area contributed by atoms with Crippen LogP contribution in [-0.2, 0) is 0 Å². The number of phenolic OH excluding ortho intramolecular Hbond substituents is 1. The molecule has 0 saturated carbocycles. The summed E-state index contributed by atoms with van der Waals surface area (Å²) in [5.41, 5.74) is 0. The number of likely N-dealkylation sites (tertiary alicyclic amines) is 1. The molecule has 0 amide bonds. The van der Waals surface area contributed by atoms with Crippen LogP contribution in [0.5, 0.6) is 5.75 Å². The first-order valence-corrected chi connectivity index (χ1v) is 6.86. The Balaban J connectivity index is 0.00000144. The van der Waals surface area contributed by atoms with E-state index in [2.05, 4.69) is 11.9 Å². The van der Waals surface area contributed by atoms with Gasteiger partial charge in [0.1, 0.15) is 5.75 Å². The van der Waals surface area contributed by atoms with Gasteiger partial charge in [0, 0.05) is 10.9 Å². The van der Waals surface area contributed by atoms with Gasteiger partial charge in [-0.25, -0.2) is 0 Å². The lowest BCUT2D eigenvalue weighted by molar-refractivity contribution is 0.305. The first kappa shape index (κ1) is 14.7. The fourth-order valence-corrected chi connectivity index (χ4v) is 3.15. The fourth-order valence-electron chi connectivity index (χ4n) is 2.20.